The van der Waals surface area contributed by atoms with Crippen LogP contribution in [0.1, 0.15) is 32.9 Å². The minimum Gasteiger partial charge on any atom is -0.480 e. The maximum absolute atomic E-state index is 12.4. The molecule has 1 aromatic rings. The summed E-state index contributed by atoms with van der Waals surface area (Å²) in [5.74, 6) is -2.98. The number of carboxylic acids is 1. The van der Waals surface area contributed by atoms with Crippen LogP contribution in [-0.2, 0) is 25.6 Å². The van der Waals surface area contributed by atoms with Crippen LogP contribution >= 0.6 is 0 Å². The number of carboxylic acid groups (broad SMARTS) is 1. The van der Waals surface area contributed by atoms with Gasteiger partial charge >= 0.3 is 5.97 Å². The Hall–Kier alpha value is -2.95. The molecule has 4 unspecified atom stereocenters. The molecule has 11 nitrogen and oxygen atoms in total. The number of hydrogen-bond donors (Lipinski definition) is 6. The van der Waals surface area contributed by atoms with Gasteiger partial charge < -0.3 is 31.8 Å². The first kappa shape index (κ1) is 23.1. The monoisotopic (exact) mass is 396 g/mol. The summed E-state index contributed by atoms with van der Waals surface area (Å²) >= 11 is 0. The maximum atomic E-state index is 12.4. The van der Waals surface area contributed by atoms with Gasteiger partial charge in [-0.3, -0.25) is 19.2 Å². The predicted octanol–water partition coefficient (Wildman–Crippen LogP) is -1.48. The molecule has 0 bridgehead atoms. The highest BCUT2D eigenvalue weighted by Crippen LogP contribution is 2.05. The number of rotatable bonds is 11. The van der Waals surface area contributed by atoms with Gasteiger partial charge in [0.1, 0.15) is 18.6 Å². The van der Waals surface area contributed by atoms with Crippen LogP contribution in [0.5, 0.6) is 0 Å². The number of hydrogen-bond acceptors (Lipinski definition) is 6. The van der Waals surface area contributed by atoms with E-state index < -0.39 is 48.4 Å². The standard InChI is InChI=1S/C17H28N6O5/c1-4-9(2)14(18)17(28)22-10(3)15(26)23-12(5-11-6-19-8-21-11)16(27)20-7-13(24)25/h6,8-10,12,14H,4-5,7,18H2,1-3H3,(H,19,21)(H,20,27)(H,22,28)(H,23,26)(H,24,25). The Labute approximate surface area is 162 Å². The number of nitrogens with zero attached hydrogens (tertiary/aromatic N) is 1. The highest BCUT2D eigenvalue weighted by Gasteiger charge is 2.27. The largest absolute Gasteiger partial charge is 0.480 e. The van der Waals surface area contributed by atoms with Crippen molar-refractivity contribution in [3.8, 4) is 0 Å². The number of carbonyl (C=O) groups is 4. The summed E-state index contributed by atoms with van der Waals surface area (Å²) in [5.41, 5.74) is 6.43. The molecule has 0 aliphatic carbocycles. The number of carbonyl (C=O) groups excluding carboxylic acids is 3. The van der Waals surface area contributed by atoms with Gasteiger partial charge in [0.05, 0.1) is 12.4 Å². The van der Waals surface area contributed by atoms with E-state index in [1.165, 1.54) is 19.4 Å². The molecule has 28 heavy (non-hydrogen) atoms. The van der Waals surface area contributed by atoms with Crippen molar-refractivity contribution in [3.63, 3.8) is 0 Å². The van der Waals surface area contributed by atoms with Crippen LogP contribution in [0.3, 0.4) is 0 Å². The molecule has 7 N–H and O–H groups in total. The number of aromatic amines is 1. The zero-order valence-electron chi connectivity index (χ0n) is 16.2. The number of nitrogens with one attached hydrogen (secondary N) is 4. The van der Waals surface area contributed by atoms with Crippen molar-refractivity contribution in [3.05, 3.63) is 18.2 Å². The fraction of sp³-hybridized carbons (Fsp3) is 0.588. The molecule has 156 valence electrons. The zero-order chi connectivity index (χ0) is 21.3. The molecule has 3 amide bonds. The lowest BCUT2D eigenvalue weighted by atomic mass is 9.99. The van der Waals surface area contributed by atoms with Gasteiger partial charge in [0.15, 0.2) is 0 Å². The van der Waals surface area contributed by atoms with Crippen LogP contribution in [0.2, 0.25) is 0 Å². The first-order valence-electron chi connectivity index (χ1n) is 8.98. The van der Waals surface area contributed by atoms with E-state index in [9.17, 15) is 19.2 Å². The van der Waals surface area contributed by atoms with Gasteiger partial charge in [0.25, 0.3) is 0 Å². The molecule has 0 fully saturated rings. The molecule has 0 aliphatic rings. The number of aliphatic carboxylic acids is 1. The van der Waals surface area contributed by atoms with Crippen molar-refractivity contribution in [1.29, 1.82) is 0 Å². The van der Waals surface area contributed by atoms with Gasteiger partial charge in [-0.05, 0) is 12.8 Å². The Bertz CT molecular complexity index is 678. The first-order chi connectivity index (χ1) is 13.1. The van der Waals surface area contributed by atoms with Crippen molar-refractivity contribution in [2.24, 2.45) is 11.7 Å². The Morgan fingerprint density at radius 1 is 1.18 bits per heavy atom. The molecule has 0 saturated carbocycles. The van der Waals surface area contributed by atoms with Gasteiger partial charge in [-0.2, -0.15) is 0 Å². The molecule has 1 heterocycles. The van der Waals surface area contributed by atoms with E-state index >= 15 is 0 Å². The Morgan fingerprint density at radius 2 is 1.86 bits per heavy atom. The van der Waals surface area contributed by atoms with Crippen molar-refractivity contribution in [2.45, 2.75) is 51.7 Å². The third kappa shape index (κ3) is 7.35. The number of H-pyrrole nitrogens is 1. The SMILES string of the molecule is CCC(C)C(N)C(=O)NC(C)C(=O)NC(Cc1cnc[nH]1)C(=O)NCC(=O)O. The van der Waals surface area contributed by atoms with Crippen LogP contribution in [0, 0.1) is 5.92 Å². The van der Waals surface area contributed by atoms with Crippen LogP contribution in [-0.4, -0.2) is 63.4 Å². The fourth-order valence-corrected chi connectivity index (χ4v) is 2.30. The van der Waals surface area contributed by atoms with E-state index in [2.05, 4.69) is 25.9 Å². The van der Waals surface area contributed by atoms with Crippen LogP contribution < -0.4 is 21.7 Å². The van der Waals surface area contributed by atoms with Gasteiger partial charge in [-0.25, -0.2) is 4.98 Å². The first-order valence-corrected chi connectivity index (χ1v) is 8.98. The van der Waals surface area contributed by atoms with E-state index in [-0.39, 0.29) is 12.3 Å². The lowest BCUT2D eigenvalue weighted by Crippen LogP contribution is -2.56. The highest BCUT2D eigenvalue weighted by molar-refractivity contribution is 5.93. The number of nitrogens with two attached hydrogens (primary N) is 1. The average Bonchev–Trinajstić information content (AvgIpc) is 3.16. The van der Waals surface area contributed by atoms with Crippen LogP contribution in [0.25, 0.3) is 0 Å². The third-order valence-corrected chi connectivity index (χ3v) is 4.34. The summed E-state index contributed by atoms with van der Waals surface area (Å²) in [6.07, 6.45) is 3.69. The van der Waals surface area contributed by atoms with Gasteiger partial charge in [-0.1, -0.05) is 20.3 Å². The summed E-state index contributed by atoms with van der Waals surface area (Å²) in [6.45, 7) is 4.63. The molecule has 11 heteroatoms. The maximum Gasteiger partial charge on any atom is 0.322 e. The quantitative estimate of drug-likeness (QED) is 0.264. The van der Waals surface area contributed by atoms with Crippen LogP contribution in [0.4, 0.5) is 0 Å². The van der Waals surface area contributed by atoms with E-state index in [1.807, 2.05) is 13.8 Å². The lowest BCUT2D eigenvalue weighted by Gasteiger charge is -2.23. The lowest BCUT2D eigenvalue weighted by molar-refractivity contribution is -0.138. The second-order valence-corrected chi connectivity index (χ2v) is 6.60. The molecular formula is C17H28N6O5. The second-order valence-electron chi connectivity index (χ2n) is 6.60. The van der Waals surface area contributed by atoms with Crippen LogP contribution in [0.15, 0.2) is 12.5 Å². The number of amides is 3. The van der Waals surface area contributed by atoms with E-state index in [0.717, 1.165) is 0 Å². The molecule has 1 aromatic heterocycles. The highest BCUT2D eigenvalue weighted by atomic mass is 16.4. The van der Waals surface area contributed by atoms with E-state index in [1.54, 1.807) is 0 Å². The third-order valence-electron chi connectivity index (χ3n) is 4.34. The average molecular weight is 396 g/mol. The smallest absolute Gasteiger partial charge is 0.322 e. The number of imidazole rings is 1. The molecule has 1 rings (SSSR count). The molecular weight excluding hydrogens is 368 g/mol. The summed E-state index contributed by atoms with van der Waals surface area (Å²) in [7, 11) is 0. The zero-order valence-corrected chi connectivity index (χ0v) is 16.2. The second kappa shape index (κ2) is 11.0. The molecule has 0 aliphatic heterocycles. The summed E-state index contributed by atoms with van der Waals surface area (Å²) in [4.78, 5) is 54.1. The predicted molar refractivity (Wildman–Crippen MR) is 99.9 cm³/mol. The molecule has 0 radical (unpaired) electrons. The minimum absolute atomic E-state index is 0.0508. The van der Waals surface area contributed by atoms with E-state index in [0.29, 0.717) is 12.1 Å². The molecule has 0 saturated heterocycles. The fourth-order valence-electron chi connectivity index (χ4n) is 2.30. The van der Waals surface area contributed by atoms with Crippen molar-refractivity contribution < 1.29 is 24.3 Å². The summed E-state index contributed by atoms with van der Waals surface area (Å²) in [5, 5.41) is 16.0. The van der Waals surface area contributed by atoms with Crippen molar-refractivity contribution in [2.75, 3.05) is 6.54 Å². The Balaban J connectivity index is 2.74. The molecule has 4 atom stereocenters. The van der Waals surface area contributed by atoms with Gasteiger partial charge in [-0.15, -0.1) is 0 Å². The normalized spacial score (nSPS) is 15.0. The Morgan fingerprint density at radius 3 is 2.39 bits per heavy atom. The van der Waals surface area contributed by atoms with E-state index in [4.69, 9.17) is 10.8 Å². The van der Waals surface area contributed by atoms with Crippen molar-refractivity contribution >= 4 is 23.7 Å². The molecule has 0 aromatic carbocycles. The van der Waals surface area contributed by atoms with Gasteiger partial charge in [0.2, 0.25) is 17.7 Å². The van der Waals surface area contributed by atoms with Crippen molar-refractivity contribution in [1.82, 2.24) is 25.9 Å². The molecule has 0 spiro atoms. The van der Waals surface area contributed by atoms with Gasteiger partial charge in [0, 0.05) is 18.3 Å². The number of aromatic nitrogens is 2. The Kier molecular flexibility index (Phi) is 9.09. The summed E-state index contributed by atoms with van der Waals surface area (Å²) < 4.78 is 0. The topological polar surface area (TPSA) is 179 Å². The minimum atomic E-state index is -1.21. The summed E-state index contributed by atoms with van der Waals surface area (Å²) in [6, 6.07) is -2.73.